The van der Waals surface area contributed by atoms with Gasteiger partial charge in [0, 0.05) is 18.7 Å². The summed E-state index contributed by atoms with van der Waals surface area (Å²) in [5.74, 6) is -3.21. The molecule has 3 N–H and O–H groups in total. The normalized spacial score (nSPS) is 12.3. The fourth-order valence-corrected chi connectivity index (χ4v) is 0.741. The van der Waals surface area contributed by atoms with Crippen molar-refractivity contribution in [1.82, 2.24) is 5.32 Å². The minimum absolute atomic E-state index is 0.205. The molecule has 0 rings (SSSR count). The summed E-state index contributed by atoms with van der Waals surface area (Å²) < 4.78 is 0. The molecule has 0 bridgehead atoms. The molecule has 15 heavy (non-hydrogen) atoms. The quantitative estimate of drug-likeness (QED) is 0.535. The van der Waals surface area contributed by atoms with E-state index in [1.807, 2.05) is 0 Å². The van der Waals surface area contributed by atoms with Gasteiger partial charge < -0.3 is 15.5 Å². The van der Waals surface area contributed by atoms with Crippen molar-refractivity contribution in [3.8, 4) is 0 Å². The van der Waals surface area contributed by atoms with Crippen LogP contribution in [-0.2, 0) is 14.4 Å². The molecule has 0 saturated carbocycles. The fourth-order valence-electron chi connectivity index (χ4n) is 0.741. The number of carboxylic acid groups (broad SMARTS) is 2. The highest BCUT2D eigenvalue weighted by atomic mass is 16.4. The highest BCUT2D eigenvalue weighted by molar-refractivity contribution is 5.93. The zero-order valence-electron chi connectivity index (χ0n) is 8.27. The highest BCUT2D eigenvalue weighted by Crippen LogP contribution is 1.99. The van der Waals surface area contributed by atoms with Crippen molar-refractivity contribution in [1.29, 1.82) is 0 Å². The lowest BCUT2D eigenvalue weighted by Gasteiger charge is -2.05. The minimum atomic E-state index is -1.20. The molecule has 0 aromatic rings. The first-order valence-electron chi connectivity index (χ1n) is 4.35. The molecule has 6 heteroatoms. The Balaban J connectivity index is 3.73. The summed E-state index contributed by atoms with van der Waals surface area (Å²) in [7, 11) is 0. The molecular weight excluding hydrogens is 202 g/mol. The molecule has 0 saturated heterocycles. The number of aliphatic carboxylic acids is 2. The van der Waals surface area contributed by atoms with Crippen LogP contribution >= 0.6 is 0 Å². The average Bonchev–Trinajstić information content (AvgIpc) is 2.14. The Bertz CT molecular complexity index is 284. The van der Waals surface area contributed by atoms with Crippen LogP contribution in [0.15, 0.2) is 12.2 Å². The summed E-state index contributed by atoms with van der Waals surface area (Å²) in [6, 6.07) is 0. The number of hydrogen-bond acceptors (Lipinski definition) is 3. The van der Waals surface area contributed by atoms with E-state index >= 15 is 0 Å². The van der Waals surface area contributed by atoms with E-state index in [1.165, 1.54) is 6.92 Å². The number of carbonyl (C=O) groups excluding carboxylic acids is 1. The van der Waals surface area contributed by atoms with Crippen molar-refractivity contribution < 1.29 is 24.6 Å². The summed E-state index contributed by atoms with van der Waals surface area (Å²) in [5, 5.41) is 19.1. The van der Waals surface area contributed by atoms with Crippen LogP contribution in [0.25, 0.3) is 0 Å². The third-order valence-corrected chi connectivity index (χ3v) is 1.68. The molecule has 0 fully saturated rings. The maximum absolute atomic E-state index is 10.9. The summed E-state index contributed by atoms with van der Waals surface area (Å²) >= 11 is 0. The lowest BCUT2D eigenvalue weighted by atomic mass is 10.1. The first-order valence-corrected chi connectivity index (χ1v) is 4.35. The van der Waals surface area contributed by atoms with Gasteiger partial charge in [-0.15, -0.1) is 0 Å². The molecule has 0 aliphatic rings. The SMILES string of the molecule is CC(CCNC(=O)C=CC(=O)O)C(=O)O. The van der Waals surface area contributed by atoms with Crippen LogP contribution in [0, 0.1) is 5.92 Å². The second-order valence-electron chi connectivity index (χ2n) is 2.99. The molecule has 0 aliphatic heterocycles. The van der Waals surface area contributed by atoms with Gasteiger partial charge in [0.15, 0.2) is 0 Å². The zero-order valence-corrected chi connectivity index (χ0v) is 8.27. The zero-order chi connectivity index (χ0) is 11.8. The molecule has 1 amide bonds. The van der Waals surface area contributed by atoms with Gasteiger partial charge in [-0.1, -0.05) is 6.92 Å². The first kappa shape index (κ1) is 13.2. The smallest absolute Gasteiger partial charge is 0.328 e. The number of nitrogens with one attached hydrogen (secondary N) is 1. The summed E-state index contributed by atoms with van der Waals surface area (Å²) in [6.45, 7) is 1.73. The van der Waals surface area contributed by atoms with Gasteiger partial charge in [-0.2, -0.15) is 0 Å². The predicted octanol–water partition coefficient (Wildman–Crippen LogP) is -0.146. The Hall–Kier alpha value is -1.85. The van der Waals surface area contributed by atoms with Crippen LogP contribution in [0.1, 0.15) is 13.3 Å². The molecular formula is C9H13NO5. The Morgan fingerprint density at radius 2 is 1.87 bits per heavy atom. The molecule has 6 nitrogen and oxygen atoms in total. The van der Waals surface area contributed by atoms with Crippen molar-refractivity contribution in [2.24, 2.45) is 5.92 Å². The molecule has 0 heterocycles. The highest BCUT2D eigenvalue weighted by Gasteiger charge is 2.09. The van der Waals surface area contributed by atoms with Gasteiger partial charge in [0.2, 0.25) is 5.91 Å². The topological polar surface area (TPSA) is 104 Å². The van der Waals surface area contributed by atoms with Crippen LogP contribution in [0.4, 0.5) is 0 Å². The minimum Gasteiger partial charge on any atom is -0.481 e. The van der Waals surface area contributed by atoms with E-state index in [0.717, 1.165) is 12.2 Å². The molecule has 84 valence electrons. The van der Waals surface area contributed by atoms with Gasteiger partial charge in [-0.25, -0.2) is 4.79 Å². The van der Waals surface area contributed by atoms with E-state index in [2.05, 4.69) is 5.32 Å². The number of carbonyl (C=O) groups is 3. The Morgan fingerprint density at radius 1 is 1.27 bits per heavy atom. The van der Waals surface area contributed by atoms with Gasteiger partial charge in [-0.3, -0.25) is 9.59 Å². The molecule has 0 spiro atoms. The van der Waals surface area contributed by atoms with Crippen LogP contribution in [0.3, 0.4) is 0 Å². The van der Waals surface area contributed by atoms with Crippen molar-refractivity contribution in [3.63, 3.8) is 0 Å². The third-order valence-electron chi connectivity index (χ3n) is 1.68. The van der Waals surface area contributed by atoms with E-state index in [1.54, 1.807) is 0 Å². The standard InChI is InChI=1S/C9H13NO5/c1-6(9(14)15)4-5-10-7(11)2-3-8(12)13/h2-3,6H,4-5H2,1H3,(H,10,11)(H,12,13)(H,14,15). The number of carboxylic acids is 2. The molecule has 0 aromatic heterocycles. The van der Waals surface area contributed by atoms with Crippen LogP contribution in [0.2, 0.25) is 0 Å². The molecule has 0 radical (unpaired) electrons. The molecule has 0 aliphatic carbocycles. The maximum Gasteiger partial charge on any atom is 0.328 e. The largest absolute Gasteiger partial charge is 0.481 e. The van der Waals surface area contributed by atoms with Crippen molar-refractivity contribution in [2.45, 2.75) is 13.3 Å². The number of hydrogen-bond donors (Lipinski definition) is 3. The van der Waals surface area contributed by atoms with E-state index in [-0.39, 0.29) is 6.54 Å². The lowest BCUT2D eigenvalue weighted by molar-refractivity contribution is -0.141. The number of amides is 1. The monoisotopic (exact) mass is 215 g/mol. The number of rotatable bonds is 6. The van der Waals surface area contributed by atoms with E-state index in [4.69, 9.17) is 10.2 Å². The van der Waals surface area contributed by atoms with Gasteiger partial charge in [-0.05, 0) is 6.42 Å². The Kier molecular flexibility index (Phi) is 5.77. The van der Waals surface area contributed by atoms with Gasteiger partial charge in [0.1, 0.15) is 0 Å². The predicted molar refractivity (Wildman–Crippen MR) is 51.2 cm³/mol. The van der Waals surface area contributed by atoms with E-state index in [0.29, 0.717) is 6.42 Å². The molecule has 1 unspecified atom stereocenters. The van der Waals surface area contributed by atoms with Crippen LogP contribution in [-0.4, -0.2) is 34.6 Å². The Morgan fingerprint density at radius 3 is 2.33 bits per heavy atom. The van der Waals surface area contributed by atoms with Gasteiger partial charge in [0.05, 0.1) is 5.92 Å². The van der Waals surface area contributed by atoms with Gasteiger partial charge >= 0.3 is 11.9 Å². The molecule has 1 atom stereocenters. The Labute approximate surface area is 86.6 Å². The van der Waals surface area contributed by atoms with E-state index in [9.17, 15) is 14.4 Å². The molecule has 0 aromatic carbocycles. The van der Waals surface area contributed by atoms with Gasteiger partial charge in [0.25, 0.3) is 0 Å². The van der Waals surface area contributed by atoms with E-state index < -0.39 is 23.8 Å². The summed E-state index contributed by atoms with van der Waals surface area (Å²) in [6.07, 6.45) is 1.91. The third kappa shape index (κ3) is 7.24. The van der Waals surface area contributed by atoms with Crippen molar-refractivity contribution in [2.75, 3.05) is 6.54 Å². The first-order chi connectivity index (χ1) is 6.93. The summed E-state index contributed by atoms with van der Waals surface area (Å²) in [5.41, 5.74) is 0. The second-order valence-corrected chi connectivity index (χ2v) is 2.99. The second kappa shape index (κ2) is 6.58. The maximum atomic E-state index is 10.9. The fraction of sp³-hybridized carbons (Fsp3) is 0.444. The lowest BCUT2D eigenvalue weighted by Crippen LogP contribution is -2.25. The van der Waals surface area contributed by atoms with Crippen LogP contribution in [0.5, 0.6) is 0 Å². The van der Waals surface area contributed by atoms with Crippen molar-refractivity contribution in [3.05, 3.63) is 12.2 Å². The van der Waals surface area contributed by atoms with Crippen LogP contribution < -0.4 is 5.32 Å². The van der Waals surface area contributed by atoms with Crippen molar-refractivity contribution >= 4 is 17.8 Å². The average molecular weight is 215 g/mol. The summed E-state index contributed by atoms with van der Waals surface area (Å²) in [4.78, 5) is 31.3.